The molecule has 1 saturated heterocycles. The average Bonchev–Trinajstić information content (AvgIpc) is 2.67. The first-order chi connectivity index (χ1) is 13.2. The molecular formula is C20H24ClN3O3S. The van der Waals surface area contributed by atoms with Crippen LogP contribution in [0.1, 0.15) is 16.7 Å². The Kier molecular flexibility index (Phi) is 5.98. The van der Waals surface area contributed by atoms with Gasteiger partial charge in [-0.25, -0.2) is 13.2 Å². The molecule has 8 heteroatoms. The second-order valence-electron chi connectivity index (χ2n) is 7.03. The Morgan fingerprint density at radius 2 is 1.57 bits per heavy atom. The van der Waals surface area contributed by atoms with Gasteiger partial charge in [-0.1, -0.05) is 23.7 Å². The molecule has 1 N–H and O–H groups in total. The van der Waals surface area contributed by atoms with Gasteiger partial charge in [0.25, 0.3) is 0 Å². The van der Waals surface area contributed by atoms with Gasteiger partial charge in [-0.05, 0) is 61.7 Å². The number of nitrogens with zero attached hydrogens (tertiary/aromatic N) is 2. The zero-order chi connectivity index (χ0) is 20.5. The molecule has 2 amide bonds. The minimum atomic E-state index is -3.56. The van der Waals surface area contributed by atoms with E-state index in [2.05, 4.69) is 5.32 Å². The van der Waals surface area contributed by atoms with Crippen LogP contribution < -0.4 is 5.32 Å². The van der Waals surface area contributed by atoms with E-state index in [0.29, 0.717) is 28.7 Å². The van der Waals surface area contributed by atoms with Crippen LogP contribution in [0.4, 0.5) is 10.5 Å². The molecular weight excluding hydrogens is 398 g/mol. The molecule has 2 aromatic rings. The van der Waals surface area contributed by atoms with Crippen LogP contribution in [0.3, 0.4) is 0 Å². The number of benzene rings is 2. The second kappa shape index (κ2) is 8.11. The monoisotopic (exact) mass is 421 g/mol. The zero-order valence-corrected chi connectivity index (χ0v) is 17.8. The molecule has 0 atom stereocenters. The Balaban J connectivity index is 1.63. The van der Waals surface area contributed by atoms with Crippen LogP contribution in [0, 0.1) is 20.8 Å². The predicted octanol–water partition coefficient (Wildman–Crippen LogP) is 3.80. The summed E-state index contributed by atoms with van der Waals surface area (Å²) in [5.41, 5.74) is 3.54. The fourth-order valence-corrected chi connectivity index (χ4v) is 4.72. The third-order valence-electron chi connectivity index (χ3n) is 5.07. The van der Waals surface area contributed by atoms with Crippen molar-refractivity contribution in [2.24, 2.45) is 0 Å². The van der Waals surface area contributed by atoms with Crippen LogP contribution in [-0.4, -0.2) is 49.8 Å². The summed E-state index contributed by atoms with van der Waals surface area (Å²) >= 11 is 6.09. The van der Waals surface area contributed by atoms with Crippen LogP contribution >= 0.6 is 11.6 Å². The first-order valence-corrected chi connectivity index (χ1v) is 10.9. The lowest BCUT2D eigenvalue weighted by molar-refractivity contribution is 0.184. The number of hydrogen-bond acceptors (Lipinski definition) is 3. The average molecular weight is 422 g/mol. The Morgan fingerprint density at radius 1 is 0.929 bits per heavy atom. The lowest BCUT2D eigenvalue weighted by atomic mass is 10.1. The lowest BCUT2D eigenvalue weighted by Gasteiger charge is -2.34. The van der Waals surface area contributed by atoms with Crippen molar-refractivity contribution in [1.29, 1.82) is 0 Å². The highest BCUT2D eigenvalue weighted by Gasteiger charge is 2.30. The topological polar surface area (TPSA) is 69.7 Å². The van der Waals surface area contributed by atoms with E-state index < -0.39 is 10.0 Å². The maximum Gasteiger partial charge on any atom is 0.321 e. The SMILES string of the molecule is Cc1ccc(S(=O)(=O)N2CCN(C(=O)Nc3ccc(C)c(Cl)c3)CC2)cc1C. The summed E-state index contributed by atoms with van der Waals surface area (Å²) in [4.78, 5) is 14.4. The van der Waals surface area contributed by atoms with Crippen LogP contribution in [0.25, 0.3) is 0 Å². The van der Waals surface area contributed by atoms with Crippen molar-refractivity contribution in [3.63, 3.8) is 0 Å². The number of amides is 2. The van der Waals surface area contributed by atoms with Gasteiger partial charge in [0.05, 0.1) is 4.90 Å². The van der Waals surface area contributed by atoms with Gasteiger partial charge in [0, 0.05) is 36.9 Å². The van der Waals surface area contributed by atoms with E-state index in [1.165, 1.54) is 4.31 Å². The molecule has 28 heavy (non-hydrogen) atoms. The highest BCUT2D eigenvalue weighted by molar-refractivity contribution is 7.89. The van der Waals surface area contributed by atoms with E-state index in [9.17, 15) is 13.2 Å². The van der Waals surface area contributed by atoms with E-state index in [-0.39, 0.29) is 19.1 Å². The summed E-state index contributed by atoms with van der Waals surface area (Å²) in [5.74, 6) is 0. The highest BCUT2D eigenvalue weighted by Crippen LogP contribution is 2.22. The van der Waals surface area contributed by atoms with E-state index in [0.717, 1.165) is 16.7 Å². The molecule has 0 saturated carbocycles. The number of sulfonamides is 1. The van der Waals surface area contributed by atoms with Crippen LogP contribution in [0.15, 0.2) is 41.3 Å². The summed E-state index contributed by atoms with van der Waals surface area (Å²) in [5, 5.41) is 3.40. The fraction of sp³-hybridized carbons (Fsp3) is 0.350. The molecule has 0 radical (unpaired) electrons. The number of urea groups is 1. The van der Waals surface area contributed by atoms with Crippen molar-refractivity contribution >= 4 is 33.3 Å². The Hall–Kier alpha value is -2.09. The third kappa shape index (κ3) is 4.32. The number of nitrogens with one attached hydrogen (secondary N) is 1. The number of halogens is 1. The van der Waals surface area contributed by atoms with Gasteiger partial charge in [-0.2, -0.15) is 4.31 Å². The molecule has 1 heterocycles. The summed E-state index contributed by atoms with van der Waals surface area (Å²) in [6.07, 6.45) is 0. The van der Waals surface area contributed by atoms with Crippen LogP contribution in [-0.2, 0) is 10.0 Å². The van der Waals surface area contributed by atoms with Gasteiger partial charge in [0.15, 0.2) is 0 Å². The van der Waals surface area contributed by atoms with Crippen molar-refractivity contribution in [1.82, 2.24) is 9.21 Å². The van der Waals surface area contributed by atoms with Crippen molar-refractivity contribution in [3.8, 4) is 0 Å². The van der Waals surface area contributed by atoms with Crippen molar-refractivity contribution < 1.29 is 13.2 Å². The predicted molar refractivity (Wildman–Crippen MR) is 111 cm³/mol. The summed E-state index contributed by atoms with van der Waals surface area (Å²) in [7, 11) is -3.56. The molecule has 1 fully saturated rings. The minimum Gasteiger partial charge on any atom is -0.322 e. The summed E-state index contributed by atoms with van der Waals surface area (Å²) in [6, 6.07) is 10.2. The van der Waals surface area contributed by atoms with Crippen molar-refractivity contribution in [3.05, 3.63) is 58.1 Å². The van der Waals surface area contributed by atoms with Crippen molar-refractivity contribution in [2.45, 2.75) is 25.7 Å². The Bertz CT molecular complexity index is 1000. The van der Waals surface area contributed by atoms with Crippen LogP contribution in [0.2, 0.25) is 5.02 Å². The van der Waals surface area contributed by atoms with E-state index >= 15 is 0 Å². The van der Waals surface area contributed by atoms with Gasteiger partial charge < -0.3 is 10.2 Å². The second-order valence-corrected chi connectivity index (χ2v) is 9.38. The van der Waals surface area contributed by atoms with E-state index in [1.807, 2.05) is 32.9 Å². The number of aryl methyl sites for hydroxylation is 3. The maximum absolute atomic E-state index is 12.9. The quantitative estimate of drug-likeness (QED) is 0.819. The number of hydrogen-bond donors (Lipinski definition) is 1. The molecule has 0 unspecified atom stereocenters. The zero-order valence-electron chi connectivity index (χ0n) is 16.2. The molecule has 0 spiro atoms. The molecule has 0 bridgehead atoms. The Labute approximate surface area is 171 Å². The standard InChI is InChI=1S/C20H24ClN3O3S/c1-14-5-7-18(12-16(14)3)28(26,27)24-10-8-23(9-11-24)20(25)22-17-6-4-15(2)19(21)13-17/h4-7,12-13H,8-11H2,1-3H3,(H,22,25). The largest absolute Gasteiger partial charge is 0.322 e. The van der Waals surface area contributed by atoms with E-state index in [1.54, 1.807) is 29.2 Å². The normalized spacial score (nSPS) is 15.5. The highest BCUT2D eigenvalue weighted by atomic mass is 35.5. The maximum atomic E-state index is 12.9. The first kappa shape index (κ1) is 20.6. The first-order valence-electron chi connectivity index (χ1n) is 9.08. The summed E-state index contributed by atoms with van der Waals surface area (Å²) < 4.78 is 27.2. The molecule has 150 valence electrons. The molecule has 3 rings (SSSR count). The van der Waals surface area contributed by atoms with Gasteiger partial charge in [0.1, 0.15) is 0 Å². The molecule has 1 aliphatic rings. The van der Waals surface area contributed by atoms with Crippen molar-refractivity contribution in [2.75, 3.05) is 31.5 Å². The smallest absolute Gasteiger partial charge is 0.321 e. The minimum absolute atomic E-state index is 0.261. The molecule has 0 aliphatic carbocycles. The molecule has 6 nitrogen and oxygen atoms in total. The molecule has 2 aromatic carbocycles. The molecule has 0 aromatic heterocycles. The third-order valence-corrected chi connectivity index (χ3v) is 7.37. The van der Waals surface area contributed by atoms with Gasteiger partial charge in [-0.15, -0.1) is 0 Å². The van der Waals surface area contributed by atoms with Crippen LogP contribution in [0.5, 0.6) is 0 Å². The molecule has 1 aliphatic heterocycles. The van der Waals surface area contributed by atoms with Gasteiger partial charge >= 0.3 is 6.03 Å². The van der Waals surface area contributed by atoms with E-state index in [4.69, 9.17) is 11.6 Å². The van der Waals surface area contributed by atoms with Gasteiger partial charge in [-0.3, -0.25) is 0 Å². The summed E-state index contributed by atoms with van der Waals surface area (Å²) in [6.45, 7) is 6.92. The van der Waals surface area contributed by atoms with Gasteiger partial charge in [0.2, 0.25) is 10.0 Å². The lowest BCUT2D eigenvalue weighted by Crippen LogP contribution is -2.51. The number of rotatable bonds is 3. The Morgan fingerprint density at radius 3 is 2.18 bits per heavy atom. The number of carbonyl (C=O) groups is 1. The number of anilines is 1. The fourth-order valence-electron chi connectivity index (χ4n) is 3.03. The number of carbonyl (C=O) groups excluding carboxylic acids is 1. The number of piperazine rings is 1.